The first-order valence-electron chi connectivity index (χ1n) is 7.49. The number of carbonyl (C=O) groups excluding carboxylic acids is 1. The molecule has 0 atom stereocenters. The minimum Gasteiger partial charge on any atom is -0.479 e. The van der Waals surface area contributed by atoms with E-state index in [0.717, 1.165) is 11.1 Å². The van der Waals surface area contributed by atoms with E-state index < -0.39 is 0 Å². The summed E-state index contributed by atoms with van der Waals surface area (Å²) in [6, 6.07) is 15.1. The second kappa shape index (κ2) is 6.84. The molecular formula is C20H15NO3. The molecule has 0 fully saturated rings. The molecule has 0 bridgehead atoms. The molecule has 1 aliphatic rings. The molecule has 1 aliphatic heterocycles. The van der Waals surface area contributed by atoms with Gasteiger partial charge in [0.2, 0.25) is 5.78 Å². The van der Waals surface area contributed by atoms with Crippen molar-refractivity contribution in [3.05, 3.63) is 77.1 Å². The highest BCUT2D eigenvalue weighted by Gasteiger charge is 2.29. The number of Topliss-reactive ketones (excluding diaryl/α,β-unsaturated/α-hetero) is 1. The van der Waals surface area contributed by atoms with Crippen molar-refractivity contribution < 1.29 is 14.3 Å². The van der Waals surface area contributed by atoms with Crippen LogP contribution in [0.4, 0.5) is 0 Å². The second-order valence-electron chi connectivity index (χ2n) is 5.29. The van der Waals surface area contributed by atoms with E-state index in [9.17, 15) is 4.79 Å². The monoisotopic (exact) mass is 317 g/mol. The molecule has 0 saturated heterocycles. The normalized spacial score (nSPS) is 14.5. The van der Waals surface area contributed by atoms with Gasteiger partial charge in [0.05, 0.1) is 5.56 Å². The van der Waals surface area contributed by atoms with Gasteiger partial charge >= 0.3 is 0 Å². The molecule has 4 nitrogen and oxygen atoms in total. The van der Waals surface area contributed by atoms with Gasteiger partial charge < -0.3 is 9.47 Å². The molecule has 118 valence electrons. The first-order chi connectivity index (χ1) is 11.7. The summed E-state index contributed by atoms with van der Waals surface area (Å²) in [5.74, 6) is 1.11. The zero-order valence-electron chi connectivity index (χ0n) is 13.2. The van der Waals surface area contributed by atoms with E-state index in [2.05, 4.69) is 0 Å². The van der Waals surface area contributed by atoms with Gasteiger partial charge in [-0.05, 0) is 30.2 Å². The van der Waals surface area contributed by atoms with E-state index >= 15 is 0 Å². The molecule has 0 spiro atoms. The highest BCUT2D eigenvalue weighted by molar-refractivity contribution is 6.13. The summed E-state index contributed by atoms with van der Waals surface area (Å²) in [5, 5.41) is 8.59. The first-order valence-corrected chi connectivity index (χ1v) is 7.49. The SMILES string of the molecule is Cc1cc(OCC#N)cc2c1C(=O)/C(=C/C=C/c1ccccc1)O2. The van der Waals surface area contributed by atoms with Crippen molar-refractivity contribution in [2.75, 3.05) is 6.61 Å². The van der Waals surface area contributed by atoms with Gasteiger partial charge in [-0.3, -0.25) is 4.79 Å². The lowest BCUT2D eigenvalue weighted by molar-refractivity contribution is 0.101. The summed E-state index contributed by atoms with van der Waals surface area (Å²) in [7, 11) is 0. The number of carbonyl (C=O) groups is 1. The molecule has 0 unspecified atom stereocenters. The molecule has 3 rings (SSSR count). The minimum absolute atomic E-state index is 0.0469. The van der Waals surface area contributed by atoms with Gasteiger partial charge in [0.25, 0.3) is 0 Å². The maximum atomic E-state index is 12.5. The van der Waals surface area contributed by atoms with Gasteiger partial charge in [0, 0.05) is 6.07 Å². The maximum absolute atomic E-state index is 12.5. The summed E-state index contributed by atoms with van der Waals surface area (Å²) in [6.07, 6.45) is 5.35. The number of fused-ring (bicyclic) bond motifs is 1. The van der Waals surface area contributed by atoms with Crippen LogP contribution in [0.15, 0.2) is 60.4 Å². The number of hydrogen-bond donors (Lipinski definition) is 0. The van der Waals surface area contributed by atoms with Crippen molar-refractivity contribution in [1.29, 1.82) is 5.26 Å². The summed E-state index contributed by atoms with van der Waals surface area (Å²) in [6.45, 7) is 1.77. The Labute approximate surface area is 140 Å². The fourth-order valence-electron chi connectivity index (χ4n) is 2.50. The molecule has 0 N–H and O–H groups in total. The van der Waals surface area contributed by atoms with Crippen LogP contribution >= 0.6 is 0 Å². The average molecular weight is 317 g/mol. The van der Waals surface area contributed by atoms with E-state index in [1.165, 1.54) is 0 Å². The predicted octanol–water partition coefficient (Wildman–Crippen LogP) is 4.07. The lowest BCUT2D eigenvalue weighted by atomic mass is 10.0. The van der Waals surface area contributed by atoms with E-state index in [1.54, 1.807) is 24.3 Å². The second-order valence-corrected chi connectivity index (χ2v) is 5.29. The molecule has 0 aliphatic carbocycles. The van der Waals surface area contributed by atoms with Crippen LogP contribution in [0, 0.1) is 18.3 Å². The lowest BCUT2D eigenvalue weighted by Crippen LogP contribution is -1.99. The first kappa shape index (κ1) is 15.6. The summed E-state index contributed by atoms with van der Waals surface area (Å²) >= 11 is 0. The molecule has 0 saturated carbocycles. The van der Waals surface area contributed by atoms with Crippen molar-refractivity contribution in [3.8, 4) is 17.6 Å². The van der Waals surface area contributed by atoms with Crippen LogP contribution < -0.4 is 9.47 Å². The fraction of sp³-hybridized carbons (Fsp3) is 0.100. The third-order valence-corrected chi connectivity index (χ3v) is 3.58. The number of rotatable bonds is 4. The Balaban J connectivity index is 1.82. The molecule has 2 aromatic carbocycles. The third-order valence-electron chi connectivity index (χ3n) is 3.58. The molecule has 0 amide bonds. The summed E-state index contributed by atoms with van der Waals surface area (Å²) < 4.78 is 10.9. The van der Waals surface area contributed by atoms with E-state index in [-0.39, 0.29) is 18.1 Å². The van der Waals surface area contributed by atoms with Crippen LogP contribution in [0.3, 0.4) is 0 Å². The van der Waals surface area contributed by atoms with Crippen LogP contribution in [0.25, 0.3) is 6.08 Å². The molecule has 0 aromatic heterocycles. The Bertz CT molecular complexity index is 874. The average Bonchev–Trinajstić information content (AvgIpc) is 2.90. The fourth-order valence-corrected chi connectivity index (χ4v) is 2.50. The highest BCUT2D eigenvalue weighted by atomic mass is 16.5. The number of ketones is 1. The number of allylic oxidation sites excluding steroid dienone is 3. The summed E-state index contributed by atoms with van der Waals surface area (Å²) in [4.78, 5) is 12.5. The minimum atomic E-state index is -0.146. The number of hydrogen-bond acceptors (Lipinski definition) is 4. The van der Waals surface area contributed by atoms with Crippen molar-refractivity contribution in [1.82, 2.24) is 0 Å². The topological polar surface area (TPSA) is 59.3 Å². The third kappa shape index (κ3) is 3.21. The Kier molecular flexibility index (Phi) is 4.44. The van der Waals surface area contributed by atoms with E-state index in [4.69, 9.17) is 14.7 Å². The van der Waals surface area contributed by atoms with Gasteiger partial charge in [-0.1, -0.05) is 42.5 Å². The Morgan fingerprint density at radius 2 is 2.04 bits per heavy atom. The van der Waals surface area contributed by atoms with Crippen LogP contribution in [0.5, 0.6) is 11.5 Å². The summed E-state index contributed by atoms with van der Waals surface area (Å²) in [5.41, 5.74) is 2.35. The zero-order chi connectivity index (χ0) is 16.9. The Hall–Kier alpha value is -3.32. The molecule has 2 aromatic rings. The van der Waals surface area contributed by atoms with Gasteiger partial charge in [-0.15, -0.1) is 0 Å². The number of ether oxygens (including phenoxy) is 2. The van der Waals surface area contributed by atoms with E-state index in [0.29, 0.717) is 17.1 Å². The van der Waals surface area contributed by atoms with Gasteiger partial charge in [-0.25, -0.2) is 0 Å². The van der Waals surface area contributed by atoms with Crippen LogP contribution in [-0.4, -0.2) is 12.4 Å². The van der Waals surface area contributed by atoms with Crippen molar-refractivity contribution in [3.63, 3.8) is 0 Å². The zero-order valence-corrected chi connectivity index (χ0v) is 13.2. The van der Waals surface area contributed by atoms with Crippen molar-refractivity contribution in [2.24, 2.45) is 0 Å². The Morgan fingerprint density at radius 3 is 2.79 bits per heavy atom. The van der Waals surface area contributed by atoms with Crippen LogP contribution in [-0.2, 0) is 0 Å². The number of benzene rings is 2. The van der Waals surface area contributed by atoms with Crippen molar-refractivity contribution >= 4 is 11.9 Å². The smallest absolute Gasteiger partial charge is 0.232 e. The van der Waals surface area contributed by atoms with E-state index in [1.807, 2.05) is 49.4 Å². The molecule has 0 radical (unpaired) electrons. The van der Waals surface area contributed by atoms with Crippen LogP contribution in [0.1, 0.15) is 21.5 Å². The largest absolute Gasteiger partial charge is 0.479 e. The number of aryl methyl sites for hydroxylation is 1. The number of nitrogens with zero attached hydrogens (tertiary/aromatic N) is 1. The van der Waals surface area contributed by atoms with Gasteiger partial charge in [-0.2, -0.15) is 5.26 Å². The molecule has 24 heavy (non-hydrogen) atoms. The van der Waals surface area contributed by atoms with Crippen molar-refractivity contribution in [2.45, 2.75) is 6.92 Å². The van der Waals surface area contributed by atoms with Crippen LogP contribution in [0.2, 0.25) is 0 Å². The van der Waals surface area contributed by atoms with Gasteiger partial charge in [0.1, 0.15) is 17.6 Å². The van der Waals surface area contributed by atoms with Gasteiger partial charge in [0.15, 0.2) is 12.4 Å². The maximum Gasteiger partial charge on any atom is 0.232 e. The highest BCUT2D eigenvalue weighted by Crippen LogP contribution is 2.36. The number of nitriles is 1. The lowest BCUT2D eigenvalue weighted by Gasteiger charge is -2.05. The molecular weight excluding hydrogens is 302 g/mol. The Morgan fingerprint density at radius 1 is 1.25 bits per heavy atom. The quantitative estimate of drug-likeness (QED) is 0.798. The standard InChI is InChI=1S/C20H15NO3/c1-14-12-16(23-11-10-21)13-18-19(14)20(22)17(24-18)9-5-8-15-6-3-2-4-7-15/h2-9,12-13H,11H2,1H3/b8-5+,17-9-. The molecule has 1 heterocycles. The predicted molar refractivity (Wildman–Crippen MR) is 90.8 cm³/mol. The molecule has 4 heteroatoms.